The highest BCUT2D eigenvalue weighted by molar-refractivity contribution is 6.13. The van der Waals surface area contributed by atoms with Gasteiger partial charge in [0.05, 0.1) is 11.0 Å². The predicted molar refractivity (Wildman–Crippen MR) is 195 cm³/mol. The molecule has 1 aliphatic carbocycles. The molecule has 0 spiro atoms. The molecular formula is C45H33N. The van der Waals surface area contributed by atoms with Gasteiger partial charge in [-0.15, -0.1) is 0 Å². The summed E-state index contributed by atoms with van der Waals surface area (Å²) < 4.78 is 2.48. The van der Waals surface area contributed by atoms with Gasteiger partial charge in [-0.3, -0.25) is 0 Å². The molecule has 46 heavy (non-hydrogen) atoms. The van der Waals surface area contributed by atoms with E-state index in [1.807, 2.05) is 0 Å². The Morgan fingerprint density at radius 2 is 0.957 bits per heavy atom. The Bertz CT molecular complexity index is 2350. The first-order chi connectivity index (χ1) is 22.6. The van der Waals surface area contributed by atoms with E-state index < -0.39 is 0 Å². The highest BCUT2D eigenvalue weighted by Gasteiger charge is 2.38. The van der Waals surface area contributed by atoms with E-state index in [-0.39, 0.29) is 5.41 Å². The lowest BCUT2D eigenvalue weighted by atomic mass is 9.80. The average molecular weight is 588 g/mol. The Labute approximate surface area is 270 Å². The number of rotatable bonds is 4. The summed E-state index contributed by atoms with van der Waals surface area (Å²) in [6.07, 6.45) is 0. The number of hydrogen-bond donors (Lipinski definition) is 0. The van der Waals surface area contributed by atoms with Crippen LogP contribution in [-0.2, 0) is 5.41 Å². The molecule has 1 heteroatoms. The Balaban J connectivity index is 1.26. The van der Waals surface area contributed by atoms with Crippen molar-refractivity contribution in [3.8, 4) is 50.2 Å². The number of nitrogens with zero attached hydrogens (tertiary/aromatic N) is 1. The monoisotopic (exact) mass is 587 g/mol. The minimum atomic E-state index is -0.194. The van der Waals surface area contributed by atoms with Gasteiger partial charge in [0.15, 0.2) is 0 Å². The maximum atomic E-state index is 2.48. The number of hydrogen-bond acceptors (Lipinski definition) is 0. The van der Waals surface area contributed by atoms with Gasteiger partial charge in [-0.1, -0.05) is 135 Å². The second-order valence-corrected chi connectivity index (χ2v) is 13.0. The Morgan fingerprint density at radius 1 is 0.413 bits per heavy atom. The van der Waals surface area contributed by atoms with Crippen molar-refractivity contribution in [1.82, 2.24) is 4.57 Å². The minimum Gasteiger partial charge on any atom is -0.309 e. The fourth-order valence-electron chi connectivity index (χ4n) is 7.76. The van der Waals surface area contributed by atoms with Crippen LogP contribution < -0.4 is 0 Å². The lowest BCUT2D eigenvalue weighted by Gasteiger charge is -2.24. The van der Waals surface area contributed by atoms with Crippen molar-refractivity contribution in [3.05, 3.63) is 175 Å². The standard InChI is InChI=1S/C45H33N/c1-45(2)41-29-32(35-27-33(30-14-6-3-7-15-30)26-34(28-35)31-16-8-4-9-17-31)22-23-37(41)39-24-25-40-38-20-12-13-21-42(38)46(44(40)43(39)45)36-18-10-5-11-19-36/h3-29H,1-2H3. The molecule has 1 heterocycles. The first-order valence-corrected chi connectivity index (χ1v) is 16.1. The van der Waals surface area contributed by atoms with Gasteiger partial charge < -0.3 is 4.57 Å². The van der Waals surface area contributed by atoms with Gasteiger partial charge in [-0.25, -0.2) is 0 Å². The molecule has 0 atom stereocenters. The van der Waals surface area contributed by atoms with Crippen LogP contribution in [0.1, 0.15) is 25.0 Å². The molecule has 0 radical (unpaired) electrons. The first-order valence-electron chi connectivity index (χ1n) is 16.1. The number of fused-ring (bicyclic) bond motifs is 7. The van der Waals surface area contributed by atoms with Crippen molar-refractivity contribution in [2.45, 2.75) is 19.3 Å². The van der Waals surface area contributed by atoms with Gasteiger partial charge in [0.2, 0.25) is 0 Å². The third kappa shape index (κ3) is 4.02. The van der Waals surface area contributed by atoms with Crippen molar-refractivity contribution in [2.75, 3.05) is 0 Å². The quantitative estimate of drug-likeness (QED) is 0.193. The first kappa shape index (κ1) is 26.7. The predicted octanol–water partition coefficient (Wildman–Crippen LogP) is 12.1. The van der Waals surface area contributed by atoms with E-state index >= 15 is 0 Å². The van der Waals surface area contributed by atoms with Gasteiger partial charge in [0, 0.05) is 21.9 Å². The summed E-state index contributed by atoms with van der Waals surface area (Å²) in [7, 11) is 0. The van der Waals surface area contributed by atoms with Crippen LogP contribution in [0.5, 0.6) is 0 Å². The van der Waals surface area contributed by atoms with Gasteiger partial charge in [0.1, 0.15) is 0 Å². The van der Waals surface area contributed by atoms with Crippen molar-refractivity contribution >= 4 is 21.8 Å². The number of para-hydroxylation sites is 2. The molecule has 218 valence electrons. The van der Waals surface area contributed by atoms with Crippen LogP contribution in [-0.4, -0.2) is 4.57 Å². The Hall–Kier alpha value is -5.66. The zero-order valence-electron chi connectivity index (χ0n) is 26.0. The summed E-state index contributed by atoms with van der Waals surface area (Å²) in [5.74, 6) is 0. The van der Waals surface area contributed by atoms with Crippen molar-refractivity contribution in [1.29, 1.82) is 0 Å². The summed E-state index contributed by atoms with van der Waals surface area (Å²) >= 11 is 0. The SMILES string of the molecule is CC1(C)c2cc(-c3cc(-c4ccccc4)cc(-c4ccccc4)c3)ccc2-c2ccc3c4ccccc4n(-c4ccccc4)c3c21. The van der Waals surface area contributed by atoms with Crippen molar-refractivity contribution in [3.63, 3.8) is 0 Å². The Morgan fingerprint density at radius 3 is 1.61 bits per heavy atom. The molecule has 0 unspecified atom stereocenters. The summed E-state index contributed by atoms with van der Waals surface area (Å²) in [6, 6.07) is 60.0. The van der Waals surface area contributed by atoms with Gasteiger partial charge in [-0.05, 0) is 98.1 Å². The summed E-state index contributed by atoms with van der Waals surface area (Å²) in [6.45, 7) is 4.81. The zero-order valence-corrected chi connectivity index (χ0v) is 26.0. The molecule has 1 nitrogen and oxygen atoms in total. The molecular weight excluding hydrogens is 555 g/mol. The van der Waals surface area contributed by atoms with Crippen molar-refractivity contribution in [2.24, 2.45) is 0 Å². The second-order valence-electron chi connectivity index (χ2n) is 13.0. The summed E-state index contributed by atoms with van der Waals surface area (Å²) in [5, 5.41) is 2.60. The maximum absolute atomic E-state index is 2.48. The fraction of sp³-hybridized carbons (Fsp3) is 0.0667. The zero-order chi connectivity index (χ0) is 30.8. The normalized spacial score (nSPS) is 13.2. The molecule has 0 bridgehead atoms. The minimum absolute atomic E-state index is 0.194. The van der Waals surface area contributed by atoms with Crippen LogP contribution in [0, 0.1) is 0 Å². The molecule has 1 aromatic heterocycles. The highest BCUT2D eigenvalue weighted by atomic mass is 15.0. The second kappa shape index (κ2) is 10.2. The third-order valence-electron chi connectivity index (χ3n) is 9.94. The summed E-state index contributed by atoms with van der Waals surface area (Å²) in [5.41, 5.74) is 16.4. The molecule has 0 saturated heterocycles. The van der Waals surface area contributed by atoms with E-state index in [1.165, 1.54) is 83.1 Å². The molecule has 0 fully saturated rings. The molecule has 9 rings (SSSR count). The van der Waals surface area contributed by atoms with E-state index in [4.69, 9.17) is 0 Å². The largest absolute Gasteiger partial charge is 0.309 e. The smallest absolute Gasteiger partial charge is 0.0588 e. The van der Waals surface area contributed by atoms with E-state index in [2.05, 4.69) is 182 Å². The average Bonchev–Trinajstić information content (AvgIpc) is 3.57. The lowest BCUT2D eigenvalue weighted by Crippen LogP contribution is -2.16. The van der Waals surface area contributed by atoms with Crippen LogP contribution in [0.15, 0.2) is 164 Å². The lowest BCUT2D eigenvalue weighted by molar-refractivity contribution is 0.664. The fourth-order valence-corrected chi connectivity index (χ4v) is 7.76. The molecule has 7 aromatic carbocycles. The van der Waals surface area contributed by atoms with Gasteiger partial charge >= 0.3 is 0 Å². The van der Waals surface area contributed by atoms with Crippen LogP contribution >= 0.6 is 0 Å². The third-order valence-corrected chi connectivity index (χ3v) is 9.94. The van der Waals surface area contributed by atoms with Crippen LogP contribution in [0.2, 0.25) is 0 Å². The Kier molecular flexibility index (Phi) is 5.92. The molecule has 0 N–H and O–H groups in total. The molecule has 0 amide bonds. The van der Waals surface area contributed by atoms with Gasteiger partial charge in [-0.2, -0.15) is 0 Å². The molecule has 1 aliphatic rings. The van der Waals surface area contributed by atoms with E-state index in [9.17, 15) is 0 Å². The van der Waals surface area contributed by atoms with Gasteiger partial charge in [0.25, 0.3) is 0 Å². The highest BCUT2D eigenvalue weighted by Crippen LogP contribution is 2.53. The molecule has 0 saturated carbocycles. The molecule has 8 aromatic rings. The maximum Gasteiger partial charge on any atom is 0.0588 e. The van der Waals surface area contributed by atoms with Crippen molar-refractivity contribution < 1.29 is 0 Å². The number of aromatic nitrogens is 1. The molecule has 0 aliphatic heterocycles. The van der Waals surface area contributed by atoms with Crippen LogP contribution in [0.4, 0.5) is 0 Å². The topological polar surface area (TPSA) is 4.93 Å². The summed E-state index contributed by atoms with van der Waals surface area (Å²) in [4.78, 5) is 0. The van der Waals surface area contributed by atoms with E-state index in [0.29, 0.717) is 0 Å². The van der Waals surface area contributed by atoms with Crippen LogP contribution in [0.25, 0.3) is 72.0 Å². The number of benzene rings is 7. The van der Waals surface area contributed by atoms with Crippen LogP contribution in [0.3, 0.4) is 0 Å². The van der Waals surface area contributed by atoms with E-state index in [1.54, 1.807) is 0 Å². The van der Waals surface area contributed by atoms with E-state index in [0.717, 1.165) is 0 Å².